The maximum absolute atomic E-state index is 12.4. The number of nitrogens with zero attached hydrogens (tertiary/aromatic N) is 1. The summed E-state index contributed by atoms with van der Waals surface area (Å²) in [5.74, 6) is -0.436. The second-order valence-electron chi connectivity index (χ2n) is 5.02. The van der Waals surface area contributed by atoms with Crippen molar-refractivity contribution < 1.29 is 4.79 Å². The minimum atomic E-state index is -0.456. The van der Waals surface area contributed by atoms with Gasteiger partial charge in [0.2, 0.25) is 0 Å². The predicted octanol–water partition coefficient (Wildman–Crippen LogP) is 3.08. The van der Waals surface area contributed by atoms with E-state index in [1.54, 1.807) is 12.4 Å². The van der Waals surface area contributed by atoms with Crippen LogP contribution in [0.3, 0.4) is 0 Å². The summed E-state index contributed by atoms with van der Waals surface area (Å²) in [6.07, 6.45) is 7.53. The van der Waals surface area contributed by atoms with Gasteiger partial charge in [-0.15, -0.1) is 0 Å². The molecule has 2 aromatic rings. The lowest BCUT2D eigenvalue weighted by atomic mass is 10.0. The Morgan fingerprint density at radius 2 is 2.32 bits per heavy atom. The van der Waals surface area contributed by atoms with E-state index in [2.05, 4.69) is 22.2 Å². The number of pyridine rings is 2. The number of aromatic amines is 1. The smallest absolute Gasteiger partial charge is 0.260 e. The van der Waals surface area contributed by atoms with E-state index >= 15 is 0 Å². The molecule has 1 unspecified atom stereocenters. The molecule has 0 saturated carbocycles. The average Bonchev–Trinajstić information content (AvgIpc) is 2.54. The Bertz CT molecular complexity index is 685. The Kier molecular flexibility index (Phi) is 5.72. The quantitative estimate of drug-likeness (QED) is 0.859. The van der Waals surface area contributed by atoms with Crippen molar-refractivity contribution >= 4 is 17.5 Å². The summed E-state index contributed by atoms with van der Waals surface area (Å²) in [4.78, 5) is 30.6. The van der Waals surface area contributed by atoms with Crippen LogP contribution in [0.25, 0.3) is 0 Å². The SMILES string of the molecule is CCCCC(NC(=O)c1cc(Cl)c[nH]c1=O)c1cccnc1. The highest BCUT2D eigenvalue weighted by atomic mass is 35.5. The van der Waals surface area contributed by atoms with Crippen LogP contribution in [0.1, 0.15) is 48.1 Å². The molecule has 0 fully saturated rings. The molecule has 0 aromatic carbocycles. The molecule has 0 bridgehead atoms. The minimum absolute atomic E-state index is 0.0119. The molecule has 6 heteroatoms. The third-order valence-corrected chi connectivity index (χ3v) is 3.57. The van der Waals surface area contributed by atoms with Gasteiger partial charge in [0.25, 0.3) is 11.5 Å². The van der Waals surface area contributed by atoms with Crippen molar-refractivity contribution in [3.8, 4) is 0 Å². The average molecular weight is 320 g/mol. The summed E-state index contributed by atoms with van der Waals surface area (Å²) in [5.41, 5.74) is 0.475. The first kappa shape index (κ1) is 16.2. The van der Waals surface area contributed by atoms with Crippen LogP contribution in [0, 0.1) is 0 Å². The number of rotatable bonds is 6. The minimum Gasteiger partial charge on any atom is -0.345 e. The Morgan fingerprint density at radius 3 is 3.00 bits per heavy atom. The lowest BCUT2D eigenvalue weighted by molar-refractivity contribution is 0.0932. The molecule has 116 valence electrons. The first-order valence-electron chi connectivity index (χ1n) is 7.21. The third-order valence-electron chi connectivity index (χ3n) is 3.35. The number of nitrogens with one attached hydrogen (secondary N) is 2. The standard InChI is InChI=1S/C16H18ClN3O2/c1-2-3-6-14(11-5-4-7-18-9-11)20-16(22)13-8-12(17)10-19-15(13)21/h4-5,7-10,14H,2-3,6H2,1H3,(H,19,21)(H,20,22). The Labute approximate surface area is 133 Å². The largest absolute Gasteiger partial charge is 0.345 e. The summed E-state index contributed by atoms with van der Waals surface area (Å²) in [7, 11) is 0. The molecular weight excluding hydrogens is 302 g/mol. The van der Waals surface area contributed by atoms with Crippen LogP contribution >= 0.6 is 11.6 Å². The lowest BCUT2D eigenvalue weighted by Gasteiger charge is -2.18. The van der Waals surface area contributed by atoms with Crippen LogP contribution in [0.5, 0.6) is 0 Å². The molecule has 22 heavy (non-hydrogen) atoms. The number of hydrogen-bond acceptors (Lipinski definition) is 3. The van der Waals surface area contributed by atoms with E-state index in [9.17, 15) is 9.59 Å². The zero-order valence-electron chi connectivity index (χ0n) is 12.3. The molecule has 0 aliphatic heterocycles. The highest BCUT2D eigenvalue weighted by Crippen LogP contribution is 2.19. The van der Waals surface area contributed by atoms with Crippen molar-refractivity contribution in [2.75, 3.05) is 0 Å². The molecule has 5 nitrogen and oxygen atoms in total. The van der Waals surface area contributed by atoms with Gasteiger partial charge in [0.15, 0.2) is 0 Å². The molecule has 0 spiro atoms. The van der Waals surface area contributed by atoms with Gasteiger partial charge in [0, 0.05) is 18.6 Å². The van der Waals surface area contributed by atoms with Crippen LogP contribution in [0.15, 0.2) is 41.6 Å². The molecule has 2 aromatic heterocycles. The second kappa shape index (κ2) is 7.75. The molecule has 0 aliphatic rings. The molecule has 0 aliphatic carbocycles. The van der Waals surface area contributed by atoms with Gasteiger partial charge < -0.3 is 10.3 Å². The number of aromatic nitrogens is 2. The van der Waals surface area contributed by atoms with Gasteiger partial charge >= 0.3 is 0 Å². The van der Waals surface area contributed by atoms with Crippen molar-refractivity contribution in [3.63, 3.8) is 0 Å². The number of amides is 1. The molecule has 2 heterocycles. The van der Waals surface area contributed by atoms with Gasteiger partial charge in [-0.2, -0.15) is 0 Å². The number of H-pyrrole nitrogens is 1. The van der Waals surface area contributed by atoms with E-state index in [0.717, 1.165) is 24.8 Å². The van der Waals surface area contributed by atoms with Gasteiger partial charge in [-0.05, 0) is 24.1 Å². The normalized spacial score (nSPS) is 11.9. The number of carbonyl (C=O) groups is 1. The van der Waals surface area contributed by atoms with Crippen LogP contribution in [0.4, 0.5) is 0 Å². The summed E-state index contributed by atoms with van der Waals surface area (Å²) in [6.45, 7) is 2.09. The molecule has 0 radical (unpaired) electrons. The van der Waals surface area contributed by atoms with Gasteiger partial charge in [-0.1, -0.05) is 37.4 Å². The monoisotopic (exact) mass is 319 g/mol. The Balaban J connectivity index is 2.21. The van der Waals surface area contributed by atoms with Crippen molar-refractivity contribution in [2.24, 2.45) is 0 Å². The van der Waals surface area contributed by atoms with E-state index in [4.69, 9.17) is 11.6 Å². The first-order valence-corrected chi connectivity index (χ1v) is 7.58. The first-order chi connectivity index (χ1) is 10.6. The Morgan fingerprint density at radius 1 is 1.50 bits per heavy atom. The highest BCUT2D eigenvalue weighted by molar-refractivity contribution is 6.30. The van der Waals surface area contributed by atoms with E-state index in [1.807, 2.05) is 12.1 Å². The highest BCUT2D eigenvalue weighted by Gasteiger charge is 2.18. The van der Waals surface area contributed by atoms with Crippen LogP contribution in [0.2, 0.25) is 5.02 Å². The molecular formula is C16H18ClN3O2. The maximum atomic E-state index is 12.4. The van der Waals surface area contributed by atoms with Gasteiger partial charge in [0.05, 0.1) is 11.1 Å². The van der Waals surface area contributed by atoms with Crippen molar-refractivity contribution in [2.45, 2.75) is 32.2 Å². The number of unbranched alkanes of at least 4 members (excludes halogenated alkanes) is 1. The van der Waals surface area contributed by atoms with Crippen LogP contribution in [-0.2, 0) is 0 Å². The fraction of sp³-hybridized carbons (Fsp3) is 0.312. The maximum Gasteiger partial charge on any atom is 0.260 e. The molecule has 1 atom stereocenters. The van der Waals surface area contributed by atoms with E-state index in [1.165, 1.54) is 12.3 Å². The van der Waals surface area contributed by atoms with Gasteiger partial charge in [0.1, 0.15) is 5.56 Å². The zero-order valence-corrected chi connectivity index (χ0v) is 13.1. The van der Waals surface area contributed by atoms with Crippen LogP contribution < -0.4 is 10.9 Å². The summed E-state index contributed by atoms with van der Waals surface area (Å²) < 4.78 is 0. The lowest BCUT2D eigenvalue weighted by Crippen LogP contribution is -2.32. The third kappa shape index (κ3) is 4.18. The van der Waals surface area contributed by atoms with Gasteiger partial charge in [-0.3, -0.25) is 14.6 Å². The zero-order chi connectivity index (χ0) is 15.9. The summed E-state index contributed by atoms with van der Waals surface area (Å²) in [5, 5.41) is 3.21. The fourth-order valence-corrected chi connectivity index (χ4v) is 2.34. The van der Waals surface area contributed by atoms with Gasteiger partial charge in [-0.25, -0.2) is 0 Å². The second-order valence-corrected chi connectivity index (χ2v) is 5.45. The van der Waals surface area contributed by atoms with E-state index < -0.39 is 11.5 Å². The number of carbonyl (C=O) groups excluding carboxylic acids is 1. The van der Waals surface area contributed by atoms with Crippen molar-refractivity contribution in [1.82, 2.24) is 15.3 Å². The van der Waals surface area contributed by atoms with Crippen LogP contribution in [-0.4, -0.2) is 15.9 Å². The predicted molar refractivity (Wildman–Crippen MR) is 86.0 cm³/mol. The van der Waals surface area contributed by atoms with Crippen molar-refractivity contribution in [1.29, 1.82) is 0 Å². The molecule has 1 amide bonds. The van der Waals surface area contributed by atoms with Crippen molar-refractivity contribution in [3.05, 3.63) is 63.3 Å². The fourth-order valence-electron chi connectivity index (χ4n) is 2.17. The summed E-state index contributed by atoms with van der Waals surface area (Å²) >= 11 is 5.84. The topological polar surface area (TPSA) is 74.8 Å². The molecule has 2 N–H and O–H groups in total. The molecule has 0 saturated heterocycles. The number of hydrogen-bond donors (Lipinski definition) is 2. The number of halogens is 1. The molecule has 2 rings (SSSR count). The van der Waals surface area contributed by atoms with E-state index in [0.29, 0.717) is 5.02 Å². The Hall–Kier alpha value is -2.14. The van der Waals surface area contributed by atoms with E-state index in [-0.39, 0.29) is 11.6 Å². The summed E-state index contributed by atoms with van der Waals surface area (Å²) in [6, 6.07) is 4.93.